The van der Waals surface area contributed by atoms with Crippen molar-refractivity contribution in [3.05, 3.63) is 74.4 Å². The number of ether oxygens (including phenoxy) is 3. The van der Waals surface area contributed by atoms with Crippen molar-refractivity contribution in [1.82, 2.24) is 14.5 Å². The number of fused-ring (bicyclic) bond motifs is 3. The van der Waals surface area contributed by atoms with Crippen molar-refractivity contribution in [2.45, 2.75) is 52.2 Å². The Balaban J connectivity index is 1.59. The third-order valence-electron chi connectivity index (χ3n) is 5.40. The van der Waals surface area contributed by atoms with Crippen LogP contribution in [0.4, 0.5) is 4.79 Å². The van der Waals surface area contributed by atoms with E-state index in [0.717, 1.165) is 25.9 Å². The van der Waals surface area contributed by atoms with E-state index < -0.39 is 30.6 Å². The smallest absolute Gasteiger partial charge is 0.428 e. The number of hydrogen-bond donors (Lipinski definition) is 0. The SMILES string of the molecule is Cc1cnc2n1-c1cc(Br)c(Br)cc1C(c1ccccn1)=N[C@H]2CCC(=O)OCOC(=O)OC(C)(C)C. The predicted octanol–water partition coefficient (Wildman–Crippen LogP) is 6.23. The molecular formula is C26H26Br2N4O5. The third-order valence-corrected chi connectivity index (χ3v) is 7.24. The van der Waals surface area contributed by atoms with Gasteiger partial charge in [0.1, 0.15) is 17.5 Å². The largest absolute Gasteiger partial charge is 0.511 e. The zero-order valence-electron chi connectivity index (χ0n) is 20.8. The lowest BCUT2D eigenvalue weighted by molar-refractivity contribution is -0.154. The fourth-order valence-corrected chi connectivity index (χ4v) is 4.52. The Morgan fingerprint density at radius 1 is 1.08 bits per heavy atom. The molecule has 0 N–H and O–H groups in total. The van der Waals surface area contributed by atoms with Crippen LogP contribution in [-0.2, 0) is 19.0 Å². The van der Waals surface area contributed by atoms with Crippen molar-refractivity contribution < 1.29 is 23.8 Å². The number of nitrogens with zero attached hydrogens (tertiary/aromatic N) is 4. The van der Waals surface area contributed by atoms with Crippen molar-refractivity contribution in [2.75, 3.05) is 6.79 Å². The van der Waals surface area contributed by atoms with E-state index in [1.165, 1.54) is 0 Å². The number of aryl methyl sites for hydroxylation is 1. The fourth-order valence-electron chi connectivity index (χ4n) is 3.85. The summed E-state index contributed by atoms with van der Waals surface area (Å²) in [7, 11) is 0. The maximum atomic E-state index is 12.5. The Morgan fingerprint density at radius 2 is 1.84 bits per heavy atom. The molecule has 0 saturated carbocycles. The first kappa shape index (κ1) is 27.0. The molecule has 4 rings (SSSR count). The van der Waals surface area contributed by atoms with E-state index in [4.69, 9.17) is 19.2 Å². The lowest BCUT2D eigenvalue weighted by Gasteiger charge is -2.18. The van der Waals surface area contributed by atoms with Crippen molar-refractivity contribution in [1.29, 1.82) is 0 Å². The highest BCUT2D eigenvalue weighted by Crippen LogP contribution is 2.37. The quantitative estimate of drug-likeness (QED) is 0.234. The van der Waals surface area contributed by atoms with Gasteiger partial charge in [-0.1, -0.05) is 6.07 Å². The molecule has 0 spiro atoms. The third kappa shape index (κ3) is 6.45. The van der Waals surface area contributed by atoms with Crippen LogP contribution in [0.3, 0.4) is 0 Å². The van der Waals surface area contributed by atoms with Crippen LogP contribution in [-0.4, -0.2) is 44.8 Å². The number of esters is 1. The van der Waals surface area contributed by atoms with Gasteiger partial charge in [-0.2, -0.15) is 0 Å². The molecule has 0 unspecified atom stereocenters. The van der Waals surface area contributed by atoms with Crippen molar-refractivity contribution >= 4 is 49.7 Å². The number of aliphatic imine (C=N–C) groups is 1. The molecule has 194 valence electrons. The van der Waals surface area contributed by atoms with Crippen LogP contribution in [0.1, 0.15) is 62.4 Å². The zero-order chi connectivity index (χ0) is 26.7. The van der Waals surface area contributed by atoms with Crippen molar-refractivity contribution in [3.8, 4) is 5.69 Å². The first-order valence-corrected chi connectivity index (χ1v) is 13.2. The lowest BCUT2D eigenvalue weighted by atomic mass is 10.0. The second-order valence-corrected chi connectivity index (χ2v) is 11.1. The summed E-state index contributed by atoms with van der Waals surface area (Å²) in [6.07, 6.45) is 2.97. The van der Waals surface area contributed by atoms with E-state index in [2.05, 4.69) is 41.8 Å². The number of aromatic nitrogens is 3. The monoisotopic (exact) mass is 632 g/mol. The maximum absolute atomic E-state index is 12.5. The second-order valence-electron chi connectivity index (χ2n) is 9.37. The van der Waals surface area contributed by atoms with Gasteiger partial charge in [-0.25, -0.2) is 9.78 Å². The minimum Gasteiger partial charge on any atom is -0.428 e. The molecule has 1 aliphatic heterocycles. The summed E-state index contributed by atoms with van der Waals surface area (Å²) in [5.74, 6) is 0.178. The van der Waals surface area contributed by atoms with Gasteiger partial charge >= 0.3 is 12.1 Å². The minimum absolute atomic E-state index is 0.0387. The number of carbonyl (C=O) groups is 2. The Kier molecular flexibility index (Phi) is 8.13. The molecule has 1 atom stereocenters. The molecule has 0 bridgehead atoms. The lowest BCUT2D eigenvalue weighted by Crippen LogP contribution is -2.25. The highest BCUT2D eigenvalue weighted by Gasteiger charge is 2.29. The molecule has 0 fully saturated rings. The molecule has 0 amide bonds. The molecule has 37 heavy (non-hydrogen) atoms. The van der Waals surface area contributed by atoms with Crippen molar-refractivity contribution in [3.63, 3.8) is 0 Å². The van der Waals surface area contributed by atoms with Crippen LogP contribution >= 0.6 is 31.9 Å². The van der Waals surface area contributed by atoms with Gasteiger partial charge in [-0.15, -0.1) is 0 Å². The summed E-state index contributed by atoms with van der Waals surface area (Å²) >= 11 is 7.22. The summed E-state index contributed by atoms with van der Waals surface area (Å²) < 4.78 is 18.8. The molecule has 3 aromatic rings. The average Bonchev–Trinajstić information content (AvgIpc) is 3.15. The summed E-state index contributed by atoms with van der Waals surface area (Å²) in [6.45, 7) is 6.60. The standard InChI is InChI=1S/C26H26Br2N4O5/c1-15-13-30-24-20(8-9-22(33)35-14-36-25(34)37-26(2,3)4)31-23(19-7-5-6-10-29-19)16-11-17(27)18(28)12-21(16)32(15)24/h5-7,10-13,20H,8-9,14H2,1-4H3/t20-/m0/s1. The van der Waals surface area contributed by atoms with E-state index >= 15 is 0 Å². The number of rotatable bonds is 6. The van der Waals surface area contributed by atoms with Crippen LogP contribution in [0.2, 0.25) is 0 Å². The molecular weight excluding hydrogens is 608 g/mol. The molecule has 1 aromatic carbocycles. The molecule has 2 aromatic heterocycles. The van der Waals surface area contributed by atoms with Crippen LogP contribution in [0.25, 0.3) is 5.69 Å². The number of halogens is 2. The topological polar surface area (TPSA) is 105 Å². The van der Waals surface area contributed by atoms with E-state index in [-0.39, 0.29) is 6.42 Å². The molecule has 0 radical (unpaired) electrons. The van der Waals surface area contributed by atoms with Crippen LogP contribution in [0, 0.1) is 6.92 Å². The Bertz CT molecular complexity index is 1350. The number of imidazole rings is 1. The summed E-state index contributed by atoms with van der Waals surface area (Å²) in [5.41, 5.74) is 3.42. The second kappa shape index (κ2) is 11.1. The summed E-state index contributed by atoms with van der Waals surface area (Å²) in [4.78, 5) is 38.4. The van der Waals surface area contributed by atoms with Crippen LogP contribution in [0.5, 0.6) is 0 Å². The Hall–Kier alpha value is -3.05. The number of pyridine rings is 1. The van der Waals surface area contributed by atoms with Gasteiger partial charge in [0.15, 0.2) is 0 Å². The fraction of sp³-hybridized carbons (Fsp3) is 0.346. The van der Waals surface area contributed by atoms with Crippen LogP contribution < -0.4 is 0 Å². The molecule has 1 aliphatic rings. The zero-order valence-corrected chi connectivity index (χ0v) is 24.0. The van der Waals surface area contributed by atoms with E-state index in [1.54, 1.807) is 33.2 Å². The minimum atomic E-state index is -0.902. The van der Waals surface area contributed by atoms with Gasteiger partial charge in [0.25, 0.3) is 0 Å². The highest BCUT2D eigenvalue weighted by atomic mass is 79.9. The molecule has 9 nitrogen and oxygen atoms in total. The van der Waals surface area contributed by atoms with Gasteiger partial charge in [0.05, 0.1) is 17.1 Å². The highest BCUT2D eigenvalue weighted by molar-refractivity contribution is 9.13. The Labute approximate surface area is 231 Å². The normalized spacial score (nSPS) is 14.6. The first-order valence-electron chi connectivity index (χ1n) is 11.6. The Morgan fingerprint density at radius 3 is 2.54 bits per heavy atom. The van der Waals surface area contributed by atoms with Crippen molar-refractivity contribution in [2.24, 2.45) is 4.99 Å². The first-order chi connectivity index (χ1) is 17.5. The summed E-state index contributed by atoms with van der Waals surface area (Å²) in [5, 5.41) is 0. The average molecular weight is 634 g/mol. The van der Waals surface area contributed by atoms with Gasteiger partial charge < -0.3 is 14.2 Å². The number of benzene rings is 1. The molecule has 3 heterocycles. The number of hydrogen-bond acceptors (Lipinski definition) is 8. The van der Waals surface area contributed by atoms with Crippen LogP contribution in [0.15, 0.2) is 56.7 Å². The maximum Gasteiger partial charge on any atom is 0.511 e. The number of carbonyl (C=O) groups excluding carboxylic acids is 2. The van der Waals surface area contributed by atoms with Gasteiger partial charge in [0, 0.05) is 39.0 Å². The van der Waals surface area contributed by atoms with Gasteiger partial charge in [0.2, 0.25) is 6.79 Å². The van der Waals surface area contributed by atoms with E-state index in [1.807, 2.05) is 41.8 Å². The molecule has 11 heteroatoms. The van der Waals surface area contributed by atoms with Gasteiger partial charge in [-0.05, 0) is 90.2 Å². The van der Waals surface area contributed by atoms with Gasteiger partial charge in [-0.3, -0.25) is 19.3 Å². The molecule has 0 saturated heterocycles. The van der Waals surface area contributed by atoms with E-state index in [9.17, 15) is 9.59 Å². The molecule has 0 aliphatic carbocycles. The summed E-state index contributed by atoms with van der Waals surface area (Å²) in [6, 6.07) is 9.22. The van der Waals surface area contributed by atoms with E-state index in [0.29, 0.717) is 23.7 Å². The predicted molar refractivity (Wildman–Crippen MR) is 144 cm³/mol.